The third kappa shape index (κ3) is 1.95. The number of nitrogens with two attached hydrogens (primary N) is 1. The Hall–Kier alpha value is -0.120. The van der Waals surface area contributed by atoms with E-state index in [1.165, 1.54) is 32.5 Å². The Bertz CT molecular complexity index is 195. The molecule has 0 aliphatic carbocycles. The van der Waals surface area contributed by atoms with E-state index in [1.54, 1.807) is 0 Å². The van der Waals surface area contributed by atoms with E-state index in [0.717, 1.165) is 24.4 Å². The van der Waals surface area contributed by atoms with Gasteiger partial charge >= 0.3 is 0 Å². The smallest absolute Gasteiger partial charge is 0.0145 e. The summed E-state index contributed by atoms with van der Waals surface area (Å²) in [5.74, 6) is 1.59. The van der Waals surface area contributed by atoms with Gasteiger partial charge in [0.15, 0.2) is 0 Å². The predicted octanol–water partition coefficient (Wildman–Crippen LogP) is 0.217. The molecule has 0 saturated carbocycles. The van der Waals surface area contributed by atoms with Crippen LogP contribution in [0.3, 0.4) is 0 Å². The quantitative estimate of drug-likeness (QED) is 0.652. The Kier molecular flexibility index (Phi) is 3.10. The lowest BCUT2D eigenvalue weighted by atomic mass is 9.79. The fraction of sp³-hybridized carbons (Fsp3) is 1.00. The Morgan fingerprint density at radius 2 is 2.07 bits per heavy atom. The van der Waals surface area contributed by atoms with E-state index in [1.807, 2.05) is 0 Å². The molecule has 2 heterocycles. The molecule has 2 aliphatic rings. The van der Waals surface area contributed by atoms with Crippen molar-refractivity contribution in [3.8, 4) is 0 Å². The van der Waals surface area contributed by atoms with Gasteiger partial charge in [-0.2, -0.15) is 0 Å². The number of fused-ring (bicyclic) bond motifs is 1. The van der Waals surface area contributed by atoms with Gasteiger partial charge in [-0.25, -0.2) is 0 Å². The van der Waals surface area contributed by atoms with Crippen molar-refractivity contribution >= 4 is 0 Å². The molecule has 2 fully saturated rings. The molecule has 3 heteroatoms. The summed E-state index contributed by atoms with van der Waals surface area (Å²) in [5.41, 5.74) is 5.78. The summed E-state index contributed by atoms with van der Waals surface area (Å²) in [5, 5.41) is 0. The maximum Gasteiger partial charge on any atom is 0.0145 e. The molecule has 0 aromatic carbocycles. The van der Waals surface area contributed by atoms with Crippen LogP contribution in [-0.4, -0.2) is 56.1 Å². The molecule has 0 spiro atoms. The van der Waals surface area contributed by atoms with E-state index >= 15 is 0 Å². The molecule has 0 radical (unpaired) electrons. The lowest BCUT2D eigenvalue weighted by Crippen LogP contribution is -2.54. The maximum absolute atomic E-state index is 5.78. The monoisotopic (exact) mass is 197 g/mol. The highest BCUT2D eigenvalue weighted by atomic mass is 15.2. The van der Waals surface area contributed by atoms with Gasteiger partial charge in [0, 0.05) is 19.1 Å². The van der Waals surface area contributed by atoms with Crippen molar-refractivity contribution in [2.75, 3.05) is 40.3 Å². The predicted molar refractivity (Wildman–Crippen MR) is 59.2 cm³/mol. The number of hydrogen-bond donors (Lipinski definition) is 1. The van der Waals surface area contributed by atoms with Crippen molar-refractivity contribution < 1.29 is 0 Å². The number of hydrogen-bond acceptors (Lipinski definition) is 3. The minimum atomic E-state index is 0.729. The van der Waals surface area contributed by atoms with Gasteiger partial charge in [-0.3, -0.25) is 0 Å². The second-order valence-corrected chi connectivity index (χ2v) is 5.16. The van der Waals surface area contributed by atoms with Crippen molar-refractivity contribution in [2.24, 2.45) is 17.6 Å². The molecule has 0 amide bonds. The molecule has 0 bridgehead atoms. The van der Waals surface area contributed by atoms with E-state index in [4.69, 9.17) is 5.73 Å². The summed E-state index contributed by atoms with van der Waals surface area (Å²) in [6.07, 6.45) is 2.69. The van der Waals surface area contributed by atoms with Crippen LogP contribution in [0.25, 0.3) is 0 Å². The SMILES string of the molecule is CN1CCC2C(CC(CN)CN2C)C1. The van der Waals surface area contributed by atoms with Gasteiger partial charge in [0.1, 0.15) is 0 Å². The van der Waals surface area contributed by atoms with Crippen molar-refractivity contribution in [3.63, 3.8) is 0 Å². The highest BCUT2D eigenvalue weighted by molar-refractivity contribution is 4.91. The molecular weight excluding hydrogens is 174 g/mol. The normalized spacial score (nSPS) is 40.9. The van der Waals surface area contributed by atoms with Crippen molar-refractivity contribution in [2.45, 2.75) is 18.9 Å². The fourth-order valence-electron chi connectivity index (χ4n) is 3.23. The Balaban J connectivity index is 2.00. The zero-order valence-corrected chi connectivity index (χ0v) is 9.45. The summed E-state index contributed by atoms with van der Waals surface area (Å²) in [7, 11) is 4.51. The van der Waals surface area contributed by atoms with E-state index in [9.17, 15) is 0 Å². The van der Waals surface area contributed by atoms with Crippen LogP contribution in [0.15, 0.2) is 0 Å². The second kappa shape index (κ2) is 4.17. The first kappa shape index (κ1) is 10.4. The topological polar surface area (TPSA) is 32.5 Å². The highest BCUT2D eigenvalue weighted by Crippen LogP contribution is 2.31. The molecule has 3 nitrogen and oxygen atoms in total. The molecule has 82 valence electrons. The zero-order valence-electron chi connectivity index (χ0n) is 9.45. The average Bonchev–Trinajstić information content (AvgIpc) is 2.16. The minimum absolute atomic E-state index is 0.729. The zero-order chi connectivity index (χ0) is 10.1. The molecule has 0 aromatic rings. The van der Waals surface area contributed by atoms with Gasteiger partial charge in [-0.1, -0.05) is 0 Å². The van der Waals surface area contributed by atoms with Gasteiger partial charge in [0.25, 0.3) is 0 Å². The number of likely N-dealkylation sites (tertiary alicyclic amines) is 2. The second-order valence-electron chi connectivity index (χ2n) is 5.16. The molecule has 3 unspecified atom stereocenters. The summed E-state index contributed by atoms with van der Waals surface area (Å²) in [6, 6.07) is 0.828. The first-order chi connectivity index (χ1) is 6.70. The van der Waals surface area contributed by atoms with E-state index < -0.39 is 0 Å². The van der Waals surface area contributed by atoms with Gasteiger partial charge in [-0.05, 0) is 51.9 Å². The molecular formula is C11H23N3. The Morgan fingerprint density at radius 1 is 1.29 bits per heavy atom. The van der Waals surface area contributed by atoms with Crippen molar-refractivity contribution in [1.29, 1.82) is 0 Å². The molecule has 2 aliphatic heterocycles. The lowest BCUT2D eigenvalue weighted by molar-refractivity contribution is 0.0235. The maximum atomic E-state index is 5.78. The Morgan fingerprint density at radius 3 is 2.79 bits per heavy atom. The van der Waals surface area contributed by atoms with Crippen molar-refractivity contribution in [3.05, 3.63) is 0 Å². The molecule has 2 saturated heterocycles. The van der Waals surface area contributed by atoms with E-state index in [2.05, 4.69) is 23.9 Å². The van der Waals surface area contributed by atoms with E-state index in [0.29, 0.717) is 0 Å². The van der Waals surface area contributed by atoms with Crippen LogP contribution in [0.1, 0.15) is 12.8 Å². The molecule has 0 aromatic heterocycles. The summed E-state index contributed by atoms with van der Waals surface area (Å²) < 4.78 is 0. The third-order valence-electron chi connectivity index (χ3n) is 3.98. The standard InChI is InChI=1S/C11H23N3/c1-13-4-3-11-10(8-13)5-9(6-12)7-14(11)2/h9-11H,3-8,12H2,1-2H3. The average molecular weight is 197 g/mol. The lowest BCUT2D eigenvalue weighted by Gasteiger charge is -2.47. The van der Waals surface area contributed by atoms with Gasteiger partial charge in [0.05, 0.1) is 0 Å². The van der Waals surface area contributed by atoms with Gasteiger partial charge in [-0.15, -0.1) is 0 Å². The van der Waals surface area contributed by atoms with Crippen LogP contribution in [0.2, 0.25) is 0 Å². The fourth-order valence-corrected chi connectivity index (χ4v) is 3.23. The molecule has 2 rings (SSSR count). The minimum Gasteiger partial charge on any atom is -0.330 e. The first-order valence-electron chi connectivity index (χ1n) is 5.79. The first-order valence-corrected chi connectivity index (χ1v) is 5.79. The number of rotatable bonds is 1. The largest absolute Gasteiger partial charge is 0.330 e. The highest BCUT2D eigenvalue weighted by Gasteiger charge is 2.36. The van der Waals surface area contributed by atoms with Crippen LogP contribution >= 0.6 is 0 Å². The van der Waals surface area contributed by atoms with Crippen molar-refractivity contribution in [1.82, 2.24) is 9.80 Å². The summed E-state index contributed by atoms with van der Waals surface area (Å²) in [6.45, 7) is 4.60. The van der Waals surface area contributed by atoms with Gasteiger partial charge in [0.2, 0.25) is 0 Å². The molecule has 14 heavy (non-hydrogen) atoms. The third-order valence-corrected chi connectivity index (χ3v) is 3.98. The Labute approximate surface area is 87.2 Å². The summed E-state index contributed by atoms with van der Waals surface area (Å²) >= 11 is 0. The summed E-state index contributed by atoms with van der Waals surface area (Å²) in [4.78, 5) is 5.01. The van der Waals surface area contributed by atoms with Crippen LogP contribution in [-0.2, 0) is 0 Å². The molecule has 2 N–H and O–H groups in total. The molecule has 3 atom stereocenters. The van der Waals surface area contributed by atoms with Gasteiger partial charge < -0.3 is 15.5 Å². The van der Waals surface area contributed by atoms with Crippen LogP contribution < -0.4 is 5.73 Å². The van der Waals surface area contributed by atoms with E-state index in [-0.39, 0.29) is 0 Å². The number of nitrogens with zero attached hydrogens (tertiary/aromatic N) is 2. The van der Waals surface area contributed by atoms with Crippen LogP contribution in [0.4, 0.5) is 0 Å². The number of piperidine rings is 2. The van der Waals surface area contributed by atoms with Crippen LogP contribution in [0, 0.1) is 11.8 Å². The van der Waals surface area contributed by atoms with Crippen LogP contribution in [0.5, 0.6) is 0 Å².